The smallest absolute Gasteiger partial charge is 0.318 e. The number of anilines is 1. The number of halogens is 1. The Kier molecular flexibility index (Phi) is 4.44. The molecule has 22 heavy (non-hydrogen) atoms. The van der Waals surface area contributed by atoms with Crippen LogP contribution in [0.2, 0.25) is 5.02 Å². The number of thiophene rings is 1. The molecule has 1 aliphatic rings. The molecule has 0 radical (unpaired) electrons. The van der Waals surface area contributed by atoms with E-state index in [0.717, 1.165) is 13.0 Å². The lowest BCUT2D eigenvalue weighted by Gasteiger charge is -2.27. The number of rotatable bonds is 4. The number of amides is 1. The van der Waals surface area contributed by atoms with Crippen LogP contribution in [0.1, 0.15) is 10.4 Å². The van der Waals surface area contributed by atoms with Crippen molar-refractivity contribution in [2.45, 2.75) is 13.0 Å². The minimum absolute atomic E-state index is 0.0190. The van der Waals surface area contributed by atoms with Gasteiger partial charge in [0, 0.05) is 18.0 Å². The van der Waals surface area contributed by atoms with Crippen molar-refractivity contribution in [2.24, 2.45) is 0 Å². The molecule has 0 saturated heterocycles. The highest BCUT2D eigenvalue weighted by molar-refractivity contribution is 7.10. The molecular weight excluding hydrogens is 324 g/mol. The third kappa shape index (κ3) is 3.15. The monoisotopic (exact) mass is 338 g/mol. The molecule has 0 unspecified atom stereocenters. The zero-order valence-corrected chi connectivity index (χ0v) is 13.6. The highest BCUT2D eigenvalue weighted by atomic mass is 35.5. The first-order valence-corrected chi connectivity index (χ1v) is 8.06. The van der Waals surface area contributed by atoms with Crippen molar-refractivity contribution in [2.75, 3.05) is 25.5 Å². The van der Waals surface area contributed by atoms with Gasteiger partial charge in [0.25, 0.3) is 0 Å². The summed E-state index contributed by atoms with van der Waals surface area (Å²) in [5, 5.41) is 5.38. The Balaban J connectivity index is 1.61. The Hall–Kier alpha value is -1.86. The molecule has 0 saturated carbocycles. The van der Waals surface area contributed by atoms with Gasteiger partial charge in [-0.3, -0.25) is 4.79 Å². The van der Waals surface area contributed by atoms with Crippen molar-refractivity contribution < 1.29 is 9.53 Å². The normalized spacial score (nSPS) is 13.6. The van der Waals surface area contributed by atoms with Gasteiger partial charge in [-0.2, -0.15) is 4.98 Å². The van der Waals surface area contributed by atoms with Gasteiger partial charge in [-0.15, -0.1) is 11.3 Å². The lowest BCUT2D eigenvalue weighted by Crippen LogP contribution is -2.38. The van der Waals surface area contributed by atoms with E-state index in [9.17, 15) is 4.79 Å². The van der Waals surface area contributed by atoms with E-state index >= 15 is 0 Å². The third-order valence-electron chi connectivity index (χ3n) is 3.47. The van der Waals surface area contributed by atoms with E-state index in [4.69, 9.17) is 16.3 Å². The zero-order valence-electron chi connectivity index (χ0n) is 12.0. The highest BCUT2D eigenvalue weighted by Crippen LogP contribution is 2.24. The molecule has 1 N–H and O–H groups in total. The molecule has 3 rings (SSSR count). The maximum Gasteiger partial charge on any atom is 0.318 e. The summed E-state index contributed by atoms with van der Waals surface area (Å²) in [5.41, 5.74) is 1.24. The molecule has 0 bridgehead atoms. The lowest BCUT2D eigenvalue weighted by molar-refractivity contribution is -0.130. The van der Waals surface area contributed by atoms with E-state index < -0.39 is 0 Å². The van der Waals surface area contributed by atoms with Crippen molar-refractivity contribution in [3.05, 3.63) is 33.1 Å². The lowest BCUT2D eigenvalue weighted by atomic mass is 10.1. The van der Waals surface area contributed by atoms with E-state index in [-0.39, 0.29) is 18.5 Å². The van der Waals surface area contributed by atoms with Crippen LogP contribution in [0.15, 0.2) is 17.6 Å². The molecular formula is C14H15ClN4O2S. The molecule has 0 spiro atoms. The van der Waals surface area contributed by atoms with Gasteiger partial charge in [0.15, 0.2) is 5.82 Å². The minimum atomic E-state index is 0.0190. The Labute approximate surface area is 137 Å². The van der Waals surface area contributed by atoms with Gasteiger partial charge in [0.05, 0.1) is 19.9 Å². The molecule has 116 valence electrons. The van der Waals surface area contributed by atoms with Crippen molar-refractivity contribution in [3.8, 4) is 6.01 Å². The summed E-state index contributed by atoms with van der Waals surface area (Å²) in [4.78, 5) is 23.5. The molecule has 1 amide bonds. The predicted octanol–water partition coefficient (Wildman–Crippen LogP) is 2.20. The number of ether oxygens (including phenoxy) is 1. The summed E-state index contributed by atoms with van der Waals surface area (Å²) in [6, 6.07) is 2.29. The molecule has 0 aliphatic carbocycles. The first kappa shape index (κ1) is 15.1. The van der Waals surface area contributed by atoms with Crippen LogP contribution in [0.25, 0.3) is 0 Å². The standard InChI is InChI=1S/C14H15ClN4O2S/c1-21-14-17-6-10(15)13(18-14)16-7-12(20)19-4-2-11-9(8-19)3-5-22-11/h3,5-6H,2,4,7-8H2,1H3,(H,16,17,18). The number of methoxy groups -OCH3 is 1. The Morgan fingerprint density at radius 1 is 1.59 bits per heavy atom. The van der Waals surface area contributed by atoms with Crippen LogP contribution in [0.3, 0.4) is 0 Å². The Morgan fingerprint density at radius 2 is 2.45 bits per heavy atom. The van der Waals surface area contributed by atoms with Gasteiger partial charge < -0.3 is 15.0 Å². The average Bonchev–Trinajstić information content (AvgIpc) is 3.01. The largest absolute Gasteiger partial charge is 0.467 e. The van der Waals surface area contributed by atoms with Crippen LogP contribution < -0.4 is 10.1 Å². The fourth-order valence-electron chi connectivity index (χ4n) is 2.31. The first-order chi connectivity index (χ1) is 10.7. The summed E-state index contributed by atoms with van der Waals surface area (Å²) in [6.07, 6.45) is 2.36. The van der Waals surface area contributed by atoms with E-state index in [0.29, 0.717) is 17.4 Å². The van der Waals surface area contributed by atoms with Crippen LogP contribution in [-0.4, -0.2) is 41.0 Å². The maximum atomic E-state index is 12.3. The predicted molar refractivity (Wildman–Crippen MR) is 85.5 cm³/mol. The van der Waals surface area contributed by atoms with E-state index in [1.54, 1.807) is 11.3 Å². The van der Waals surface area contributed by atoms with Crippen LogP contribution in [0.5, 0.6) is 6.01 Å². The number of fused-ring (bicyclic) bond motifs is 1. The summed E-state index contributed by atoms with van der Waals surface area (Å²) < 4.78 is 4.95. The van der Waals surface area contributed by atoms with Gasteiger partial charge >= 0.3 is 6.01 Å². The third-order valence-corrected chi connectivity index (χ3v) is 4.77. The number of hydrogen-bond donors (Lipinski definition) is 1. The zero-order chi connectivity index (χ0) is 15.5. The second kappa shape index (κ2) is 6.50. The fourth-order valence-corrected chi connectivity index (χ4v) is 3.35. The molecule has 1 aliphatic heterocycles. The maximum absolute atomic E-state index is 12.3. The quantitative estimate of drug-likeness (QED) is 0.925. The van der Waals surface area contributed by atoms with Crippen molar-refractivity contribution in [3.63, 3.8) is 0 Å². The van der Waals surface area contributed by atoms with Gasteiger partial charge in [0.2, 0.25) is 5.91 Å². The van der Waals surface area contributed by atoms with Gasteiger partial charge in [-0.25, -0.2) is 4.98 Å². The minimum Gasteiger partial charge on any atom is -0.467 e. The molecule has 3 heterocycles. The number of carbonyl (C=O) groups is 1. The molecule has 2 aromatic heterocycles. The van der Waals surface area contributed by atoms with Crippen molar-refractivity contribution >= 4 is 34.7 Å². The molecule has 2 aromatic rings. The highest BCUT2D eigenvalue weighted by Gasteiger charge is 2.21. The summed E-state index contributed by atoms with van der Waals surface area (Å²) >= 11 is 7.76. The molecule has 0 atom stereocenters. The molecule has 6 nitrogen and oxygen atoms in total. The van der Waals surface area contributed by atoms with Crippen molar-refractivity contribution in [1.82, 2.24) is 14.9 Å². The second-order valence-electron chi connectivity index (χ2n) is 4.84. The topological polar surface area (TPSA) is 67.3 Å². The summed E-state index contributed by atoms with van der Waals surface area (Å²) in [6.45, 7) is 1.55. The second-order valence-corrected chi connectivity index (χ2v) is 6.25. The summed E-state index contributed by atoms with van der Waals surface area (Å²) in [5.74, 6) is 0.417. The number of carbonyl (C=O) groups excluding carboxylic acids is 1. The van der Waals surface area contributed by atoms with Crippen LogP contribution in [0.4, 0.5) is 5.82 Å². The first-order valence-electron chi connectivity index (χ1n) is 6.81. The number of hydrogen-bond acceptors (Lipinski definition) is 6. The van der Waals surface area contributed by atoms with Crippen molar-refractivity contribution in [1.29, 1.82) is 0 Å². The Bertz CT molecular complexity index is 691. The van der Waals surface area contributed by atoms with Crippen LogP contribution in [-0.2, 0) is 17.8 Å². The molecule has 0 aromatic carbocycles. The van der Waals surface area contributed by atoms with Crippen LogP contribution in [0, 0.1) is 0 Å². The van der Waals surface area contributed by atoms with Gasteiger partial charge in [-0.1, -0.05) is 11.6 Å². The fraction of sp³-hybridized carbons (Fsp3) is 0.357. The van der Waals surface area contributed by atoms with Gasteiger partial charge in [-0.05, 0) is 23.4 Å². The number of aromatic nitrogens is 2. The molecule has 8 heteroatoms. The number of nitrogens with zero attached hydrogens (tertiary/aromatic N) is 3. The van der Waals surface area contributed by atoms with E-state index in [1.807, 2.05) is 4.90 Å². The van der Waals surface area contributed by atoms with E-state index in [1.165, 1.54) is 23.7 Å². The Morgan fingerprint density at radius 3 is 3.27 bits per heavy atom. The van der Waals surface area contributed by atoms with Crippen LogP contribution >= 0.6 is 22.9 Å². The SMILES string of the molecule is COc1ncc(Cl)c(NCC(=O)N2CCc3sccc3C2)n1. The summed E-state index contributed by atoms with van der Waals surface area (Å²) in [7, 11) is 1.48. The molecule has 0 fully saturated rings. The number of nitrogens with one attached hydrogen (secondary N) is 1. The van der Waals surface area contributed by atoms with E-state index in [2.05, 4.69) is 26.7 Å². The average molecular weight is 339 g/mol. The van der Waals surface area contributed by atoms with Gasteiger partial charge in [0.1, 0.15) is 5.02 Å².